The van der Waals surface area contributed by atoms with E-state index in [1.807, 2.05) is 24.3 Å². The van der Waals surface area contributed by atoms with Gasteiger partial charge in [-0.2, -0.15) is 0 Å². The van der Waals surface area contributed by atoms with Crippen molar-refractivity contribution in [3.8, 4) is 5.75 Å². The Bertz CT molecular complexity index is 975. The Morgan fingerprint density at radius 3 is 2.79 bits per heavy atom. The lowest BCUT2D eigenvalue weighted by molar-refractivity contribution is -0.116. The first-order valence-electron chi connectivity index (χ1n) is 9.63. The monoisotopic (exact) mass is 377 g/mol. The molecule has 5 nitrogen and oxygen atoms in total. The van der Waals surface area contributed by atoms with Crippen molar-refractivity contribution in [1.29, 1.82) is 0 Å². The molecule has 28 heavy (non-hydrogen) atoms. The molecule has 0 radical (unpaired) electrons. The van der Waals surface area contributed by atoms with Crippen LogP contribution in [0.1, 0.15) is 29.8 Å². The molecule has 0 fully saturated rings. The van der Waals surface area contributed by atoms with Gasteiger partial charge in [0.25, 0.3) is 0 Å². The van der Waals surface area contributed by atoms with Crippen LogP contribution >= 0.6 is 0 Å². The molecule has 1 heterocycles. The summed E-state index contributed by atoms with van der Waals surface area (Å²) < 4.78 is 8.05. The Morgan fingerprint density at radius 1 is 1.18 bits per heavy atom. The maximum atomic E-state index is 11.5. The summed E-state index contributed by atoms with van der Waals surface area (Å²) >= 11 is 0. The van der Waals surface area contributed by atoms with Crippen molar-refractivity contribution in [1.82, 2.24) is 14.9 Å². The smallest absolute Gasteiger partial charge is 0.243 e. The van der Waals surface area contributed by atoms with Crippen LogP contribution in [0, 0.1) is 13.8 Å². The normalized spacial score (nSPS) is 10.8. The molecule has 0 saturated heterocycles. The van der Waals surface area contributed by atoms with Crippen molar-refractivity contribution in [2.24, 2.45) is 0 Å². The third kappa shape index (κ3) is 4.80. The van der Waals surface area contributed by atoms with Crippen molar-refractivity contribution in [3.63, 3.8) is 0 Å². The molecule has 0 aliphatic carbocycles. The van der Waals surface area contributed by atoms with Gasteiger partial charge in [0.15, 0.2) is 0 Å². The van der Waals surface area contributed by atoms with E-state index < -0.39 is 0 Å². The number of para-hydroxylation sites is 2. The molecule has 1 amide bonds. The van der Waals surface area contributed by atoms with Crippen LogP contribution in [0.15, 0.2) is 55.1 Å². The minimum Gasteiger partial charge on any atom is -0.494 e. The molecule has 3 aromatic rings. The number of amides is 1. The van der Waals surface area contributed by atoms with Gasteiger partial charge in [0.2, 0.25) is 5.91 Å². The molecule has 0 bridgehead atoms. The molecule has 5 heteroatoms. The Kier molecular flexibility index (Phi) is 6.48. The quantitative estimate of drug-likeness (QED) is 0.446. The van der Waals surface area contributed by atoms with Crippen molar-refractivity contribution in [3.05, 3.63) is 72.1 Å². The van der Waals surface area contributed by atoms with Gasteiger partial charge >= 0.3 is 0 Å². The molecular formula is C23H27N3O2. The highest BCUT2D eigenvalue weighted by Crippen LogP contribution is 2.18. The lowest BCUT2D eigenvalue weighted by Crippen LogP contribution is -2.22. The lowest BCUT2D eigenvalue weighted by Gasteiger charge is -2.11. The molecule has 0 saturated carbocycles. The highest BCUT2D eigenvalue weighted by atomic mass is 16.5. The molecule has 0 aliphatic rings. The highest BCUT2D eigenvalue weighted by molar-refractivity contribution is 5.86. The van der Waals surface area contributed by atoms with Crippen molar-refractivity contribution >= 4 is 16.9 Å². The molecule has 0 atom stereocenters. The van der Waals surface area contributed by atoms with Gasteiger partial charge in [0, 0.05) is 6.54 Å². The zero-order chi connectivity index (χ0) is 19.9. The van der Waals surface area contributed by atoms with E-state index in [0.29, 0.717) is 13.2 Å². The Morgan fingerprint density at radius 2 is 2.00 bits per heavy atom. The van der Waals surface area contributed by atoms with E-state index in [0.717, 1.165) is 42.0 Å². The summed E-state index contributed by atoms with van der Waals surface area (Å²) in [7, 11) is 0. The van der Waals surface area contributed by atoms with Gasteiger partial charge in [-0.25, -0.2) is 4.98 Å². The zero-order valence-electron chi connectivity index (χ0n) is 16.6. The number of aryl methyl sites for hydroxylation is 3. The van der Waals surface area contributed by atoms with Crippen LogP contribution in [0.3, 0.4) is 0 Å². The standard InChI is InChI=1S/C23H27N3O2/c1-4-23(27)24-16-22-25-20-9-5-6-10-21(20)26(22)13-7-8-14-28-19-12-11-17(2)18(3)15-19/h4-6,9-12,15H,1,7-8,13-14,16H2,2-3H3,(H,24,27). The average Bonchev–Trinajstić information content (AvgIpc) is 3.06. The van der Waals surface area contributed by atoms with E-state index in [4.69, 9.17) is 4.74 Å². The fourth-order valence-electron chi connectivity index (χ4n) is 3.11. The van der Waals surface area contributed by atoms with Gasteiger partial charge in [0.05, 0.1) is 24.2 Å². The second-order valence-corrected chi connectivity index (χ2v) is 6.89. The number of ether oxygens (including phenoxy) is 1. The van der Waals surface area contributed by atoms with Gasteiger partial charge in [-0.3, -0.25) is 4.79 Å². The SMILES string of the molecule is C=CC(=O)NCc1nc2ccccc2n1CCCCOc1ccc(C)c(C)c1. The number of carbonyl (C=O) groups is 1. The minimum atomic E-state index is -0.194. The van der Waals surface area contributed by atoms with Crippen LogP contribution in [0.4, 0.5) is 0 Å². The van der Waals surface area contributed by atoms with E-state index in [-0.39, 0.29) is 5.91 Å². The number of hydrogen-bond donors (Lipinski definition) is 1. The number of hydrogen-bond acceptors (Lipinski definition) is 3. The van der Waals surface area contributed by atoms with Gasteiger partial charge < -0.3 is 14.6 Å². The molecule has 0 aliphatic heterocycles. The van der Waals surface area contributed by atoms with Crippen LogP contribution in [0.2, 0.25) is 0 Å². The van der Waals surface area contributed by atoms with E-state index >= 15 is 0 Å². The lowest BCUT2D eigenvalue weighted by atomic mass is 10.1. The average molecular weight is 377 g/mol. The number of rotatable bonds is 9. The van der Waals surface area contributed by atoms with Crippen LogP contribution in [0.25, 0.3) is 11.0 Å². The topological polar surface area (TPSA) is 56.2 Å². The number of unbranched alkanes of at least 4 members (excludes halogenated alkanes) is 1. The summed E-state index contributed by atoms with van der Waals surface area (Å²) in [5, 5.41) is 2.82. The molecule has 2 aromatic carbocycles. The fourth-order valence-corrected chi connectivity index (χ4v) is 3.11. The molecule has 1 aromatic heterocycles. The van der Waals surface area contributed by atoms with E-state index in [1.165, 1.54) is 17.2 Å². The maximum absolute atomic E-state index is 11.5. The largest absolute Gasteiger partial charge is 0.494 e. The first-order chi connectivity index (χ1) is 13.6. The Labute approximate surface area is 166 Å². The maximum Gasteiger partial charge on any atom is 0.243 e. The van der Waals surface area contributed by atoms with Gasteiger partial charge in [-0.1, -0.05) is 24.8 Å². The Balaban J connectivity index is 1.58. The number of nitrogens with zero attached hydrogens (tertiary/aromatic N) is 2. The second-order valence-electron chi connectivity index (χ2n) is 6.89. The molecule has 146 valence electrons. The predicted octanol–water partition coefficient (Wildman–Crippen LogP) is 4.31. The van der Waals surface area contributed by atoms with Crippen LogP contribution in [-0.2, 0) is 17.9 Å². The number of fused-ring (bicyclic) bond motifs is 1. The minimum absolute atomic E-state index is 0.194. The molecule has 0 spiro atoms. The molecular weight excluding hydrogens is 350 g/mol. The zero-order valence-corrected chi connectivity index (χ0v) is 16.6. The molecule has 3 rings (SSSR count). The summed E-state index contributed by atoms with van der Waals surface area (Å²) in [4.78, 5) is 16.2. The van der Waals surface area contributed by atoms with Crippen molar-refractivity contribution in [2.45, 2.75) is 39.8 Å². The van der Waals surface area contributed by atoms with E-state index in [9.17, 15) is 4.79 Å². The third-order valence-electron chi connectivity index (χ3n) is 4.86. The second kappa shape index (κ2) is 9.22. The van der Waals surface area contributed by atoms with Crippen molar-refractivity contribution < 1.29 is 9.53 Å². The highest BCUT2D eigenvalue weighted by Gasteiger charge is 2.10. The van der Waals surface area contributed by atoms with E-state index in [2.05, 4.69) is 53.5 Å². The number of carbonyl (C=O) groups excluding carboxylic acids is 1. The Hall–Kier alpha value is -3.08. The predicted molar refractivity (Wildman–Crippen MR) is 112 cm³/mol. The third-order valence-corrected chi connectivity index (χ3v) is 4.86. The van der Waals surface area contributed by atoms with Crippen LogP contribution in [0.5, 0.6) is 5.75 Å². The van der Waals surface area contributed by atoms with Gasteiger partial charge in [0.1, 0.15) is 11.6 Å². The number of imidazole rings is 1. The summed E-state index contributed by atoms with van der Waals surface area (Å²) in [6.45, 7) is 9.58. The fraction of sp³-hybridized carbons (Fsp3) is 0.304. The summed E-state index contributed by atoms with van der Waals surface area (Å²) in [6, 6.07) is 14.2. The van der Waals surface area contributed by atoms with Gasteiger partial charge in [-0.15, -0.1) is 0 Å². The summed E-state index contributed by atoms with van der Waals surface area (Å²) in [5.41, 5.74) is 4.54. The number of benzene rings is 2. The summed E-state index contributed by atoms with van der Waals surface area (Å²) in [6.07, 6.45) is 3.18. The molecule has 1 N–H and O–H groups in total. The molecule has 0 unspecified atom stereocenters. The van der Waals surface area contributed by atoms with Crippen LogP contribution < -0.4 is 10.1 Å². The van der Waals surface area contributed by atoms with E-state index in [1.54, 1.807) is 0 Å². The number of nitrogens with one attached hydrogen (secondary N) is 1. The summed E-state index contributed by atoms with van der Waals surface area (Å²) in [5.74, 6) is 1.58. The first kappa shape index (κ1) is 19.7. The van der Waals surface area contributed by atoms with Crippen LogP contribution in [-0.4, -0.2) is 22.1 Å². The van der Waals surface area contributed by atoms with Gasteiger partial charge in [-0.05, 0) is 68.2 Å². The van der Waals surface area contributed by atoms with Crippen molar-refractivity contribution in [2.75, 3.05) is 6.61 Å². The number of aromatic nitrogens is 2. The first-order valence-corrected chi connectivity index (χ1v) is 9.63.